The van der Waals surface area contributed by atoms with Crippen LogP contribution in [0.3, 0.4) is 0 Å². The molecule has 38 heavy (non-hydrogen) atoms. The molecule has 206 valence electrons. The van der Waals surface area contributed by atoms with Crippen molar-refractivity contribution < 1.29 is 32.6 Å². The molecule has 1 aromatic heterocycles. The molecule has 0 bridgehead atoms. The van der Waals surface area contributed by atoms with Crippen molar-refractivity contribution in [3.05, 3.63) is 56.7 Å². The SMILES string of the molecule is O=C(NC(CCOC1CC(CCc2ccc3c(n2)NCCC3)C1)C(=O)O)c1c(Cl)cc(C(F)(F)F)cc1Cl. The van der Waals surface area contributed by atoms with E-state index >= 15 is 0 Å². The molecule has 7 nitrogen and oxygen atoms in total. The number of nitrogens with one attached hydrogen (secondary N) is 2. The first kappa shape index (κ1) is 28.4. The number of benzene rings is 1. The molecule has 1 aliphatic carbocycles. The van der Waals surface area contributed by atoms with E-state index in [9.17, 15) is 27.9 Å². The van der Waals surface area contributed by atoms with Crippen LogP contribution in [-0.4, -0.2) is 47.3 Å². The number of pyridine rings is 1. The van der Waals surface area contributed by atoms with Crippen molar-refractivity contribution in [1.29, 1.82) is 0 Å². The van der Waals surface area contributed by atoms with E-state index < -0.39 is 45.3 Å². The van der Waals surface area contributed by atoms with E-state index in [1.54, 1.807) is 0 Å². The van der Waals surface area contributed by atoms with Crippen molar-refractivity contribution in [2.45, 2.75) is 63.3 Å². The van der Waals surface area contributed by atoms with Crippen LogP contribution in [-0.2, 0) is 28.5 Å². The van der Waals surface area contributed by atoms with Crippen molar-refractivity contribution in [2.75, 3.05) is 18.5 Å². The highest BCUT2D eigenvalue weighted by Gasteiger charge is 2.34. The highest BCUT2D eigenvalue weighted by atomic mass is 35.5. The topological polar surface area (TPSA) is 101 Å². The summed E-state index contributed by atoms with van der Waals surface area (Å²) in [6.07, 6.45) is 1.08. The lowest BCUT2D eigenvalue weighted by atomic mass is 9.79. The zero-order chi connectivity index (χ0) is 27.4. The summed E-state index contributed by atoms with van der Waals surface area (Å²) in [7, 11) is 0. The van der Waals surface area contributed by atoms with Gasteiger partial charge in [-0.2, -0.15) is 13.2 Å². The minimum Gasteiger partial charge on any atom is -0.480 e. The summed E-state index contributed by atoms with van der Waals surface area (Å²) >= 11 is 11.7. The summed E-state index contributed by atoms with van der Waals surface area (Å²) in [6, 6.07) is 4.06. The summed E-state index contributed by atoms with van der Waals surface area (Å²) in [5.74, 6) is -0.785. The molecule has 2 heterocycles. The van der Waals surface area contributed by atoms with Gasteiger partial charge in [-0.15, -0.1) is 0 Å². The van der Waals surface area contributed by atoms with Crippen molar-refractivity contribution in [2.24, 2.45) is 5.92 Å². The first-order valence-electron chi connectivity index (χ1n) is 12.5. The van der Waals surface area contributed by atoms with Crippen molar-refractivity contribution in [1.82, 2.24) is 10.3 Å². The Morgan fingerprint density at radius 2 is 1.92 bits per heavy atom. The molecular formula is C26H28Cl2F3N3O4. The number of carboxylic acids is 1. The van der Waals surface area contributed by atoms with E-state index in [1.807, 2.05) is 0 Å². The molecule has 0 radical (unpaired) electrons. The van der Waals surface area contributed by atoms with E-state index in [2.05, 4.69) is 22.8 Å². The summed E-state index contributed by atoms with van der Waals surface area (Å²) in [4.78, 5) is 28.9. The number of carboxylic acid groups (broad SMARTS) is 1. The van der Waals surface area contributed by atoms with Gasteiger partial charge in [0.25, 0.3) is 5.91 Å². The smallest absolute Gasteiger partial charge is 0.416 e. The predicted octanol–water partition coefficient (Wildman–Crippen LogP) is 5.77. The standard InChI is InChI=1S/C26H28Cl2F3N3O4/c27-19-12-16(26(29,30)31)13-20(28)22(19)24(35)34-21(25(36)37)7-9-38-18-10-14(11-18)3-5-17-6-4-15-2-1-8-32-23(15)33-17/h4,6,12-14,18,21H,1-3,5,7-11H2,(H,32,33)(H,34,35)(H,36,37). The number of hydrogen-bond donors (Lipinski definition) is 3. The number of anilines is 1. The summed E-state index contributed by atoms with van der Waals surface area (Å²) < 4.78 is 44.5. The van der Waals surface area contributed by atoms with E-state index in [0.29, 0.717) is 18.1 Å². The third kappa shape index (κ3) is 7.09. The highest BCUT2D eigenvalue weighted by Crippen LogP contribution is 2.36. The highest BCUT2D eigenvalue weighted by molar-refractivity contribution is 6.39. The van der Waals surface area contributed by atoms with Crippen LogP contribution in [0.25, 0.3) is 0 Å². The van der Waals surface area contributed by atoms with Crippen molar-refractivity contribution >= 4 is 40.9 Å². The molecule has 4 rings (SSSR count). The van der Waals surface area contributed by atoms with Gasteiger partial charge < -0.3 is 20.5 Å². The molecule has 1 amide bonds. The quantitative estimate of drug-likeness (QED) is 0.334. The van der Waals surface area contributed by atoms with Gasteiger partial charge in [-0.3, -0.25) is 4.79 Å². The third-order valence-electron chi connectivity index (χ3n) is 6.91. The normalized spacial score (nSPS) is 19.6. The molecule has 12 heteroatoms. The number of amides is 1. The molecule has 1 unspecified atom stereocenters. The third-order valence-corrected chi connectivity index (χ3v) is 7.51. The number of aliphatic carboxylic acids is 1. The number of nitrogens with zero attached hydrogens (tertiary/aromatic N) is 1. The molecule has 1 atom stereocenters. The van der Waals surface area contributed by atoms with Gasteiger partial charge >= 0.3 is 12.1 Å². The fourth-order valence-corrected chi connectivity index (χ4v) is 5.36. The van der Waals surface area contributed by atoms with Crippen LogP contribution in [0.15, 0.2) is 24.3 Å². The number of aryl methyl sites for hydroxylation is 2. The van der Waals surface area contributed by atoms with Crippen LogP contribution < -0.4 is 10.6 Å². The van der Waals surface area contributed by atoms with Gasteiger partial charge in [0, 0.05) is 25.3 Å². The van der Waals surface area contributed by atoms with Crippen LogP contribution >= 0.6 is 23.2 Å². The maximum absolute atomic E-state index is 12.9. The van der Waals surface area contributed by atoms with Crippen LogP contribution in [0, 0.1) is 5.92 Å². The molecule has 1 saturated carbocycles. The summed E-state index contributed by atoms with van der Waals surface area (Å²) in [5, 5.41) is 14.1. The second-order valence-electron chi connectivity index (χ2n) is 9.68. The van der Waals surface area contributed by atoms with Gasteiger partial charge in [0.2, 0.25) is 0 Å². The molecule has 3 N–H and O–H groups in total. The number of carbonyl (C=O) groups excluding carboxylic acids is 1. The molecule has 1 aliphatic heterocycles. The number of alkyl halides is 3. The second-order valence-corrected chi connectivity index (χ2v) is 10.5. The molecule has 1 aromatic carbocycles. The average molecular weight is 574 g/mol. The molecule has 2 aromatic rings. The van der Waals surface area contributed by atoms with Crippen LogP contribution in [0.5, 0.6) is 0 Å². The maximum atomic E-state index is 12.9. The number of halogens is 5. The Bertz CT molecular complexity index is 1170. The van der Waals surface area contributed by atoms with E-state index in [1.165, 1.54) is 5.56 Å². The van der Waals surface area contributed by atoms with Gasteiger partial charge in [-0.05, 0) is 68.2 Å². The van der Waals surface area contributed by atoms with Crippen LogP contribution in [0.1, 0.15) is 59.3 Å². The van der Waals surface area contributed by atoms with Gasteiger partial charge in [0.05, 0.1) is 27.3 Å². The minimum absolute atomic E-state index is 0.0158. The molecular weight excluding hydrogens is 546 g/mol. The number of fused-ring (bicyclic) bond motifs is 1. The Hall–Kier alpha value is -2.56. The van der Waals surface area contributed by atoms with Crippen LogP contribution in [0.4, 0.5) is 19.0 Å². The van der Waals surface area contributed by atoms with Gasteiger partial charge in [-0.1, -0.05) is 29.3 Å². The number of rotatable bonds is 10. The Balaban J connectivity index is 1.20. The largest absolute Gasteiger partial charge is 0.480 e. The number of aromatic nitrogens is 1. The van der Waals surface area contributed by atoms with Gasteiger partial charge in [0.1, 0.15) is 11.9 Å². The van der Waals surface area contributed by atoms with E-state index in [4.69, 9.17) is 32.9 Å². The average Bonchev–Trinajstić information content (AvgIpc) is 2.82. The van der Waals surface area contributed by atoms with Gasteiger partial charge in [0.15, 0.2) is 0 Å². The predicted molar refractivity (Wildman–Crippen MR) is 137 cm³/mol. The van der Waals surface area contributed by atoms with Gasteiger partial charge in [-0.25, -0.2) is 9.78 Å². The summed E-state index contributed by atoms with van der Waals surface area (Å²) in [5.41, 5.74) is 0.802. The Morgan fingerprint density at radius 3 is 2.58 bits per heavy atom. The fourth-order valence-electron chi connectivity index (χ4n) is 4.70. The lowest BCUT2D eigenvalue weighted by molar-refractivity contribution is -0.140. The van der Waals surface area contributed by atoms with E-state index in [-0.39, 0.29) is 19.1 Å². The van der Waals surface area contributed by atoms with Crippen molar-refractivity contribution in [3.8, 4) is 0 Å². The number of ether oxygens (including phenoxy) is 1. The second kappa shape index (κ2) is 12.1. The van der Waals surface area contributed by atoms with Crippen molar-refractivity contribution in [3.63, 3.8) is 0 Å². The monoisotopic (exact) mass is 573 g/mol. The van der Waals surface area contributed by atoms with Crippen LogP contribution in [0.2, 0.25) is 10.0 Å². The minimum atomic E-state index is -4.70. The van der Waals surface area contributed by atoms with E-state index in [0.717, 1.165) is 56.6 Å². The summed E-state index contributed by atoms with van der Waals surface area (Å²) in [6.45, 7) is 1.05. The zero-order valence-corrected chi connectivity index (χ0v) is 21.9. The first-order valence-corrected chi connectivity index (χ1v) is 13.2. The lowest BCUT2D eigenvalue weighted by Gasteiger charge is -2.35. The number of hydrogen-bond acceptors (Lipinski definition) is 5. The maximum Gasteiger partial charge on any atom is 0.416 e. The molecule has 0 saturated heterocycles. The Morgan fingerprint density at radius 1 is 1.21 bits per heavy atom. The fraction of sp³-hybridized carbons (Fsp3) is 0.500. The molecule has 2 aliphatic rings. The Kier molecular flexibility index (Phi) is 9.05. The Labute approximate surface area is 228 Å². The zero-order valence-electron chi connectivity index (χ0n) is 20.4. The molecule has 1 fully saturated rings. The molecule has 0 spiro atoms. The number of carbonyl (C=O) groups is 2. The first-order chi connectivity index (χ1) is 18.0. The lowest BCUT2D eigenvalue weighted by Crippen LogP contribution is -2.42.